The van der Waals surface area contributed by atoms with Crippen LogP contribution >= 0.6 is 0 Å². The zero-order chi connectivity index (χ0) is 13.9. The predicted octanol–water partition coefficient (Wildman–Crippen LogP) is 0.991. The monoisotopic (exact) mass is 273 g/mol. The van der Waals surface area contributed by atoms with Crippen molar-refractivity contribution in [3.05, 3.63) is 31.2 Å². The van der Waals surface area contributed by atoms with Crippen molar-refractivity contribution < 1.29 is 5.11 Å². The summed E-state index contributed by atoms with van der Waals surface area (Å²) in [5.74, 6) is 0.814. The number of likely N-dealkylation sites (tertiary alicyclic amines) is 1. The fourth-order valence-corrected chi connectivity index (χ4v) is 2.78. The minimum atomic E-state index is -0.315. The lowest BCUT2D eigenvalue weighted by Crippen LogP contribution is -2.48. The van der Waals surface area contributed by atoms with Crippen molar-refractivity contribution in [2.45, 2.75) is 18.6 Å². The van der Waals surface area contributed by atoms with Crippen molar-refractivity contribution in [2.24, 2.45) is 0 Å². The molecular formula is C14H19N5O. The SMILES string of the molecule is C=CCN1C[C@@H](O)C[C@@H](Nc2ncnc3[nH]ccc23)C1. The van der Waals surface area contributed by atoms with Crippen molar-refractivity contribution >= 4 is 16.9 Å². The van der Waals surface area contributed by atoms with Gasteiger partial charge in [-0.05, 0) is 12.5 Å². The summed E-state index contributed by atoms with van der Waals surface area (Å²) < 4.78 is 0. The molecule has 6 nitrogen and oxygen atoms in total. The Bertz CT molecular complexity index is 596. The van der Waals surface area contributed by atoms with Gasteiger partial charge in [-0.25, -0.2) is 9.97 Å². The van der Waals surface area contributed by atoms with E-state index in [9.17, 15) is 5.11 Å². The van der Waals surface area contributed by atoms with Crippen LogP contribution in [-0.2, 0) is 0 Å². The van der Waals surface area contributed by atoms with E-state index in [0.29, 0.717) is 6.54 Å². The molecule has 2 aromatic heterocycles. The second-order valence-electron chi connectivity index (χ2n) is 5.20. The maximum atomic E-state index is 9.97. The van der Waals surface area contributed by atoms with Gasteiger partial charge in [-0.1, -0.05) is 6.08 Å². The first-order valence-electron chi connectivity index (χ1n) is 6.82. The summed E-state index contributed by atoms with van der Waals surface area (Å²) >= 11 is 0. The number of rotatable bonds is 4. The summed E-state index contributed by atoms with van der Waals surface area (Å²) in [6, 6.07) is 2.13. The lowest BCUT2D eigenvalue weighted by molar-refractivity contribution is 0.0704. The number of H-pyrrole nitrogens is 1. The van der Waals surface area contributed by atoms with E-state index in [1.165, 1.54) is 0 Å². The molecule has 0 radical (unpaired) electrons. The van der Waals surface area contributed by atoms with Crippen molar-refractivity contribution in [3.63, 3.8) is 0 Å². The van der Waals surface area contributed by atoms with Crippen LogP contribution < -0.4 is 5.32 Å². The molecule has 1 saturated heterocycles. The van der Waals surface area contributed by atoms with Gasteiger partial charge in [0.25, 0.3) is 0 Å². The molecule has 20 heavy (non-hydrogen) atoms. The van der Waals surface area contributed by atoms with Gasteiger partial charge in [0, 0.05) is 31.9 Å². The molecule has 3 N–H and O–H groups in total. The third-order valence-corrected chi connectivity index (χ3v) is 3.59. The third-order valence-electron chi connectivity index (χ3n) is 3.59. The summed E-state index contributed by atoms with van der Waals surface area (Å²) in [5, 5.41) is 14.4. The van der Waals surface area contributed by atoms with Crippen LogP contribution in [-0.4, -0.2) is 56.7 Å². The van der Waals surface area contributed by atoms with Gasteiger partial charge in [0.05, 0.1) is 11.5 Å². The van der Waals surface area contributed by atoms with Gasteiger partial charge in [-0.15, -0.1) is 6.58 Å². The molecule has 0 aliphatic carbocycles. The number of anilines is 1. The zero-order valence-corrected chi connectivity index (χ0v) is 11.3. The number of piperidine rings is 1. The number of aliphatic hydroxyl groups is 1. The molecule has 0 spiro atoms. The Morgan fingerprint density at radius 1 is 1.50 bits per heavy atom. The van der Waals surface area contributed by atoms with Crippen LogP contribution in [0.25, 0.3) is 11.0 Å². The van der Waals surface area contributed by atoms with Crippen molar-refractivity contribution in [1.29, 1.82) is 0 Å². The topological polar surface area (TPSA) is 77.1 Å². The first-order valence-corrected chi connectivity index (χ1v) is 6.82. The predicted molar refractivity (Wildman–Crippen MR) is 78.6 cm³/mol. The fraction of sp³-hybridized carbons (Fsp3) is 0.429. The molecular weight excluding hydrogens is 254 g/mol. The number of hydrogen-bond donors (Lipinski definition) is 3. The molecule has 0 saturated carbocycles. The Labute approximate surface area is 117 Å². The summed E-state index contributed by atoms with van der Waals surface area (Å²) in [6.45, 7) is 6.12. The number of hydrogen-bond acceptors (Lipinski definition) is 5. The number of β-amino-alcohol motifs (C(OH)–C–C–N with tert-alkyl or cyclic N) is 1. The first kappa shape index (κ1) is 13.1. The van der Waals surface area contributed by atoms with Gasteiger partial charge >= 0.3 is 0 Å². The highest BCUT2D eigenvalue weighted by Gasteiger charge is 2.25. The van der Waals surface area contributed by atoms with Gasteiger partial charge in [-0.2, -0.15) is 0 Å². The number of aromatic amines is 1. The zero-order valence-electron chi connectivity index (χ0n) is 11.3. The molecule has 1 aliphatic heterocycles. The highest BCUT2D eigenvalue weighted by atomic mass is 16.3. The number of aromatic nitrogens is 3. The van der Waals surface area contributed by atoms with Crippen LogP contribution in [0.3, 0.4) is 0 Å². The van der Waals surface area contributed by atoms with Gasteiger partial charge < -0.3 is 15.4 Å². The van der Waals surface area contributed by atoms with Crippen LogP contribution in [0.15, 0.2) is 31.2 Å². The molecule has 2 aromatic rings. The molecule has 3 heterocycles. The molecule has 0 aromatic carbocycles. The number of nitrogens with one attached hydrogen (secondary N) is 2. The Kier molecular flexibility index (Phi) is 3.66. The van der Waals surface area contributed by atoms with E-state index >= 15 is 0 Å². The number of fused-ring (bicyclic) bond motifs is 1. The van der Waals surface area contributed by atoms with E-state index in [4.69, 9.17) is 0 Å². The molecule has 1 fully saturated rings. The van der Waals surface area contributed by atoms with Gasteiger partial charge in [0.2, 0.25) is 0 Å². The first-order chi connectivity index (χ1) is 9.76. The molecule has 0 unspecified atom stereocenters. The van der Waals surface area contributed by atoms with Gasteiger partial charge in [-0.3, -0.25) is 4.90 Å². The van der Waals surface area contributed by atoms with E-state index in [2.05, 4.69) is 31.7 Å². The average molecular weight is 273 g/mol. The van der Waals surface area contributed by atoms with Crippen molar-refractivity contribution in [3.8, 4) is 0 Å². The minimum Gasteiger partial charge on any atom is -0.392 e. The smallest absolute Gasteiger partial charge is 0.142 e. The molecule has 3 rings (SSSR count). The minimum absolute atomic E-state index is 0.173. The maximum Gasteiger partial charge on any atom is 0.142 e. The molecule has 2 atom stereocenters. The van der Waals surface area contributed by atoms with E-state index in [1.807, 2.05) is 18.3 Å². The molecule has 1 aliphatic rings. The second-order valence-corrected chi connectivity index (χ2v) is 5.20. The quantitative estimate of drug-likeness (QED) is 0.724. The third kappa shape index (κ3) is 2.66. The highest BCUT2D eigenvalue weighted by molar-refractivity contribution is 5.86. The standard InChI is InChI=1S/C14H19N5O/c1-2-5-19-7-10(6-11(20)8-19)18-14-12-3-4-15-13(12)16-9-17-14/h2-4,9-11,20H,1,5-8H2,(H2,15,16,17,18)/t10-,11+/m1/s1. The van der Waals surface area contributed by atoms with Crippen LogP contribution in [0.4, 0.5) is 5.82 Å². The highest BCUT2D eigenvalue weighted by Crippen LogP contribution is 2.21. The van der Waals surface area contributed by atoms with Crippen molar-refractivity contribution in [1.82, 2.24) is 19.9 Å². The number of aliphatic hydroxyl groups excluding tert-OH is 1. The summed E-state index contributed by atoms with van der Waals surface area (Å²) in [4.78, 5) is 13.7. The van der Waals surface area contributed by atoms with Crippen LogP contribution in [0, 0.1) is 0 Å². The molecule has 0 bridgehead atoms. The van der Waals surface area contributed by atoms with Gasteiger partial charge in [0.1, 0.15) is 17.8 Å². The van der Waals surface area contributed by atoms with Crippen molar-refractivity contribution in [2.75, 3.05) is 25.0 Å². The largest absolute Gasteiger partial charge is 0.392 e. The molecule has 106 valence electrons. The van der Waals surface area contributed by atoms with E-state index in [-0.39, 0.29) is 12.1 Å². The second kappa shape index (κ2) is 5.60. The summed E-state index contributed by atoms with van der Waals surface area (Å²) in [6.07, 6.45) is 5.67. The maximum absolute atomic E-state index is 9.97. The van der Waals surface area contributed by atoms with Gasteiger partial charge in [0.15, 0.2) is 0 Å². The normalized spacial score (nSPS) is 23.9. The lowest BCUT2D eigenvalue weighted by atomic mass is 10.0. The Morgan fingerprint density at radius 3 is 3.25 bits per heavy atom. The Morgan fingerprint density at radius 2 is 2.40 bits per heavy atom. The van der Waals surface area contributed by atoms with E-state index in [0.717, 1.165) is 36.4 Å². The molecule has 0 amide bonds. The Balaban J connectivity index is 1.76. The van der Waals surface area contributed by atoms with E-state index in [1.54, 1.807) is 6.33 Å². The average Bonchev–Trinajstić information content (AvgIpc) is 2.88. The Hall–Kier alpha value is -1.92. The fourth-order valence-electron chi connectivity index (χ4n) is 2.78. The number of nitrogens with zero attached hydrogens (tertiary/aromatic N) is 3. The summed E-state index contributed by atoms with van der Waals surface area (Å²) in [7, 11) is 0. The summed E-state index contributed by atoms with van der Waals surface area (Å²) in [5.41, 5.74) is 0.821. The van der Waals surface area contributed by atoms with Crippen LogP contribution in [0.1, 0.15) is 6.42 Å². The molecule has 6 heteroatoms. The van der Waals surface area contributed by atoms with Crippen LogP contribution in [0.5, 0.6) is 0 Å². The van der Waals surface area contributed by atoms with E-state index < -0.39 is 0 Å². The van der Waals surface area contributed by atoms with Crippen LogP contribution in [0.2, 0.25) is 0 Å². The lowest BCUT2D eigenvalue weighted by Gasteiger charge is -2.35.